The molecule has 0 radical (unpaired) electrons. The van der Waals surface area contributed by atoms with Crippen LogP contribution >= 0.6 is 11.8 Å². The topological polar surface area (TPSA) is 9.23 Å². The van der Waals surface area contributed by atoms with E-state index < -0.39 is 0 Å². The van der Waals surface area contributed by atoms with Gasteiger partial charge in [-0.15, -0.1) is 0 Å². The Balaban J connectivity index is 2.20. The second-order valence-electron chi connectivity index (χ2n) is 4.30. The molecule has 0 saturated heterocycles. The van der Waals surface area contributed by atoms with Gasteiger partial charge in [-0.3, -0.25) is 0 Å². The van der Waals surface area contributed by atoms with Crippen LogP contribution in [0.25, 0.3) is 0 Å². The molecule has 1 nitrogen and oxygen atoms in total. The van der Waals surface area contributed by atoms with E-state index in [2.05, 4.69) is 37.3 Å². The van der Waals surface area contributed by atoms with Crippen molar-refractivity contribution in [3.05, 3.63) is 30.3 Å². The van der Waals surface area contributed by atoms with Crippen molar-refractivity contribution in [2.45, 2.75) is 55.8 Å². The molecule has 0 bridgehead atoms. The number of ether oxygens (including phenoxy) is 1. The molecular formula is C15H24OS. The highest BCUT2D eigenvalue weighted by atomic mass is 32.2. The average molecular weight is 252 g/mol. The fourth-order valence-electron chi connectivity index (χ4n) is 1.79. The molecule has 0 fully saturated rings. The Morgan fingerprint density at radius 2 is 1.76 bits per heavy atom. The second-order valence-corrected chi connectivity index (χ2v) is 5.53. The summed E-state index contributed by atoms with van der Waals surface area (Å²) in [6.45, 7) is 2.25. The van der Waals surface area contributed by atoms with Crippen LogP contribution in [-0.2, 0) is 4.74 Å². The van der Waals surface area contributed by atoms with E-state index in [9.17, 15) is 0 Å². The Morgan fingerprint density at radius 1 is 1.06 bits per heavy atom. The minimum Gasteiger partial charge on any atom is -0.370 e. The van der Waals surface area contributed by atoms with Gasteiger partial charge in [-0.2, -0.15) is 0 Å². The summed E-state index contributed by atoms with van der Waals surface area (Å²) >= 11 is 1.83. The Bertz CT molecular complexity index is 274. The van der Waals surface area contributed by atoms with Crippen molar-refractivity contribution < 1.29 is 4.74 Å². The number of unbranched alkanes of at least 4 members (excludes halogenated alkanes) is 4. The minimum absolute atomic E-state index is 0.305. The highest BCUT2D eigenvalue weighted by Gasteiger charge is 2.08. The first-order valence-corrected chi connectivity index (χ1v) is 7.49. The molecule has 0 heterocycles. The molecule has 1 aromatic carbocycles. The Labute approximate surface area is 110 Å². The quantitative estimate of drug-likeness (QED) is 0.343. The van der Waals surface area contributed by atoms with Crippen LogP contribution in [0.4, 0.5) is 0 Å². The zero-order valence-electron chi connectivity index (χ0n) is 11.0. The van der Waals surface area contributed by atoms with Crippen molar-refractivity contribution in [3.8, 4) is 0 Å². The van der Waals surface area contributed by atoms with Gasteiger partial charge in [-0.1, -0.05) is 62.6 Å². The lowest BCUT2D eigenvalue weighted by molar-refractivity contribution is 0.163. The Morgan fingerprint density at radius 3 is 2.41 bits per heavy atom. The van der Waals surface area contributed by atoms with Crippen molar-refractivity contribution in [2.24, 2.45) is 0 Å². The summed E-state index contributed by atoms with van der Waals surface area (Å²) in [6.07, 6.45) is 7.81. The molecule has 96 valence electrons. The molecule has 1 aromatic rings. The molecule has 1 atom stereocenters. The lowest BCUT2D eigenvalue weighted by atomic mass is 10.1. The molecule has 17 heavy (non-hydrogen) atoms. The molecule has 1 rings (SSSR count). The third-order valence-electron chi connectivity index (χ3n) is 2.82. The van der Waals surface area contributed by atoms with Crippen LogP contribution in [0.1, 0.15) is 45.4 Å². The number of benzene rings is 1. The lowest BCUT2D eigenvalue weighted by Gasteiger charge is -2.14. The van der Waals surface area contributed by atoms with Crippen LogP contribution in [-0.4, -0.2) is 12.5 Å². The monoisotopic (exact) mass is 252 g/mol. The predicted molar refractivity (Wildman–Crippen MR) is 76.5 cm³/mol. The van der Waals surface area contributed by atoms with E-state index in [1.165, 1.54) is 37.0 Å². The summed E-state index contributed by atoms with van der Waals surface area (Å²) in [5.74, 6) is 0. The number of rotatable bonds is 9. The maximum absolute atomic E-state index is 5.52. The maximum Gasteiger partial charge on any atom is 0.107 e. The Kier molecular flexibility index (Phi) is 8.20. The van der Waals surface area contributed by atoms with Gasteiger partial charge in [0.15, 0.2) is 0 Å². The van der Waals surface area contributed by atoms with Crippen molar-refractivity contribution in [1.82, 2.24) is 0 Å². The van der Waals surface area contributed by atoms with E-state index in [0.29, 0.717) is 5.44 Å². The number of hydrogen-bond donors (Lipinski definition) is 0. The second kappa shape index (κ2) is 9.55. The van der Waals surface area contributed by atoms with E-state index >= 15 is 0 Å². The fourth-order valence-corrected chi connectivity index (χ4v) is 2.79. The molecule has 0 N–H and O–H groups in total. The molecule has 0 aliphatic carbocycles. The van der Waals surface area contributed by atoms with Gasteiger partial charge in [0.2, 0.25) is 0 Å². The average Bonchev–Trinajstić information content (AvgIpc) is 2.38. The van der Waals surface area contributed by atoms with E-state index in [1.54, 1.807) is 0 Å². The molecule has 0 amide bonds. The van der Waals surface area contributed by atoms with Crippen LogP contribution in [0.3, 0.4) is 0 Å². The molecule has 2 heteroatoms. The van der Waals surface area contributed by atoms with Gasteiger partial charge < -0.3 is 4.74 Å². The molecule has 0 aromatic heterocycles. The van der Waals surface area contributed by atoms with Crippen LogP contribution in [0.2, 0.25) is 0 Å². The predicted octanol–water partition coefficient (Wildman–Crippen LogP) is 5.11. The molecular weight excluding hydrogens is 228 g/mol. The molecule has 0 saturated carbocycles. The van der Waals surface area contributed by atoms with E-state index in [4.69, 9.17) is 4.74 Å². The summed E-state index contributed by atoms with van der Waals surface area (Å²) < 4.78 is 5.52. The van der Waals surface area contributed by atoms with Crippen molar-refractivity contribution in [1.29, 1.82) is 0 Å². The van der Waals surface area contributed by atoms with E-state index in [-0.39, 0.29) is 0 Å². The largest absolute Gasteiger partial charge is 0.370 e. The van der Waals surface area contributed by atoms with Crippen LogP contribution < -0.4 is 0 Å². The molecule has 0 aliphatic heterocycles. The third-order valence-corrected chi connectivity index (χ3v) is 4.05. The minimum atomic E-state index is 0.305. The fraction of sp³-hybridized carbons (Fsp3) is 0.600. The first-order chi connectivity index (χ1) is 8.36. The van der Waals surface area contributed by atoms with Crippen molar-refractivity contribution in [2.75, 3.05) is 7.11 Å². The molecule has 0 spiro atoms. The van der Waals surface area contributed by atoms with Crippen molar-refractivity contribution in [3.63, 3.8) is 0 Å². The van der Waals surface area contributed by atoms with Gasteiger partial charge in [0.05, 0.1) is 0 Å². The molecule has 1 unspecified atom stereocenters. The number of hydrogen-bond acceptors (Lipinski definition) is 2. The van der Waals surface area contributed by atoms with Crippen LogP contribution in [0, 0.1) is 0 Å². The summed E-state index contributed by atoms with van der Waals surface area (Å²) in [5.41, 5.74) is 0.305. The smallest absolute Gasteiger partial charge is 0.107 e. The van der Waals surface area contributed by atoms with E-state index in [1.807, 2.05) is 18.9 Å². The van der Waals surface area contributed by atoms with Gasteiger partial charge in [-0.25, -0.2) is 0 Å². The van der Waals surface area contributed by atoms with Crippen LogP contribution in [0.5, 0.6) is 0 Å². The summed E-state index contributed by atoms with van der Waals surface area (Å²) in [7, 11) is 1.81. The normalized spacial score (nSPS) is 12.6. The zero-order valence-corrected chi connectivity index (χ0v) is 11.8. The lowest BCUT2D eigenvalue weighted by Crippen LogP contribution is -2.04. The highest BCUT2D eigenvalue weighted by molar-refractivity contribution is 7.99. The van der Waals surface area contributed by atoms with Gasteiger partial charge in [0.25, 0.3) is 0 Å². The van der Waals surface area contributed by atoms with Gasteiger partial charge in [0, 0.05) is 12.0 Å². The summed E-state index contributed by atoms with van der Waals surface area (Å²) in [5, 5.41) is 0. The summed E-state index contributed by atoms with van der Waals surface area (Å²) in [4.78, 5) is 1.30. The SMILES string of the molecule is CCCCCCCC(OC)Sc1ccccc1. The first-order valence-electron chi connectivity index (χ1n) is 6.61. The van der Waals surface area contributed by atoms with E-state index in [0.717, 1.165) is 6.42 Å². The number of methoxy groups -OCH3 is 1. The van der Waals surface area contributed by atoms with Gasteiger partial charge in [-0.05, 0) is 25.0 Å². The molecule has 0 aliphatic rings. The standard InChI is InChI=1S/C15H24OS/c1-3-4-5-6-10-13-15(16-2)17-14-11-8-7-9-12-14/h7-9,11-12,15H,3-6,10,13H2,1-2H3. The summed E-state index contributed by atoms with van der Waals surface area (Å²) in [6, 6.07) is 10.5. The number of thioether (sulfide) groups is 1. The highest BCUT2D eigenvalue weighted by Crippen LogP contribution is 2.27. The van der Waals surface area contributed by atoms with Gasteiger partial charge >= 0.3 is 0 Å². The first kappa shape index (κ1) is 14.6. The zero-order chi connectivity index (χ0) is 12.3. The van der Waals surface area contributed by atoms with Crippen LogP contribution in [0.15, 0.2) is 35.2 Å². The maximum atomic E-state index is 5.52. The van der Waals surface area contributed by atoms with Gasteiger partial charge in [0.1, 0.15) is 5.44 Å². The third kappa shape index (κ3) is 6.75. The van der Waals surface area contributed by atoms with Crippen molar-refractivity contribution >= 4 is 11.8 Å². The Hall–Kier alpha value is -0.470.